The van der Waals surface area contributed by atoms with Crippen LogP contribution in [0.4, 0.5) is 0 Å². The number of nitrogens with one attached hydrogen (secondary N) is 1. The Balaban J connectivity index is 1.38. The minimum Gasteiger partial charge on any atom is -0.332 e. The first-order valence-corrected chi connectivity index (χ1v) is 10.6. The van der Waals surface area contributed by atoms with E-state index >= 15 is 0 Å². The average Bonchev–Trinajstić information content (AvgIpc) is 3.08. The van der Waals surface area contributed by atoms with Gasteiger partial charge in [-0.3, -0.25) is 0 Å². The van der Waals surface area contributed by atoms with Crippen molar-refractivity contribution in [3.63, 3.8) is 0 Å². The van der Waals surface area contributed by atoms with Crippen LogP contribution in [0, 0.1) is 0 Å². The molecule has 5 nitrogen and oxygen atoms in total. The highest BCUT2D eigenvalue weighted by atomic mass is 32.2. The Labute approximate surface area is 154 Å². The van der Waals surface area contributed by atoms with E-state index in [4.69, 9.17) is 0 Å². The highest BCUT2D eigenvalue weighted by Gasteiger charge is 2.17. The molecule has 0 saturated carbocycles. The van der Waals surface area contributed by atoms with Crippen molar-refractivity contribution in [3.05, 3.63) is 59.9 Å². The lowest BCUT2D eigenvalue weighted by Crippen LogP contribution is -2.26. The lowest BCUT2D eigenvalue weighted by atomic mass is 9.92. The molecule has 1 aromatic carbocycles. The Morgan fingerprint density at radius 3 is 2.81 bits per heavy atom. The number of pyridine rings is 1. The van der Waals surface area contributed by atoms with E-state index in [1.54, 1.807) is 12.3 Å². The second-order valence-corrected chi connectivity index (χ2v) is 8.58. The average molecular weight is 369 g/mol. The van der Waals surface area contributed by atoms with E-state index in [0.29, 0.717) is 17.9 Å². The summed E-state index contributed by atoms with van der Waals surface area (Å²) in [5.41, 5.74) is 3.41. The molecule has 1 aliphatic carbocycles. The molecule has 2 heterocycles. The Morgan fingerprint density at radius 1 is 1.08 bits per heavy atom. The molecule has 2 aromatic heterocycles. The van der Waals surface area contributed by atoms with Gasteiger partial charge in [0.1, 0.15) is 5.65 Å². The molecule has 0 amide bonds. The third-order valence-electron chi connectivity index (χ3n) is 5.02. The predicted molar refractivity (Wildman–Crippen MR) is 103 cm³/mol. The largest absolute Gasteiger partial charge is 0.332 e. The van der Waals surface area contributed by atoms with Crippen molar-refractivity contribution >= 4 is 21.1 Å². The molecule has 0 aliphatic heterocycles. The molecule has 136 valence electrons. The highest BCUT2D eigenvalue weighted by Crippen LogP contribution is 2.24. The molecule has 0 atom stereocenters. The molecule has 0 unspecified atom stereocenters. The summed E-state index contributed by atoms with van der Waals surface area (Å²) in [6, 6.07) is 11.5. The topological polar surface area (TPSA) is 64.0 Å². The number of hydrogen-bond acceptors (Lipinski definition) is 3. The molecule has 0 spiro atoms. The van der Waals surface area contributed by atoms with Gasteiger partial charge in [0.25, 0.3) is 0 Å². The molecule has 0 radical (unpaired) electrons. The van der Waals surface area contributed by atoms with Gasteiger partial charge in [-0.25, -0.2) is 18.1 Å². The minimum atomic E-state index is -3.45. The Kier molecular flexibility index (Phi) is 4.78. The summed E-state index contributed by atoms with van der Waals surface area (Å²) in [6.07, 6.45) is 8.86. The third-order valence-corrected chi connectivity index (χ3v) is 6.48. The Bertz CT molecular complexity index is 1020. The SMILES string of the molecule is O=S(=O)(NCCCn1ccc2cccnc21)c1ccc2c(c1)CCCC2. The van der Waals surface area contributed by atoms with Crippen LogP contribution < -0.4 is 4.72 Å². The molecule has 0 saturated heterocycles. The van der Waals surface area contributed by atoms with E-state index < -0.39 is 10.0 Å². The van der Waals surface area contributed by atoms with Crippen LogP contribution >= 0.6 is 0 Å². The van der Waals surface area contributed by atoms with Gasteiger partial charge in [0, 0.05) is 30.9 Å². The fourth-order valence-electron chi connectivity index (χ4n) is 3.62. The van der Waals surface area contributed by atoms with Crippen molar-refractivity contribution in [2.75, 3.05) is 6.54 Å². The van der Waals surface area contributed by atoms with Crippen LogP contribution in [-0.4, -0.2) is 24.5 Å². The number of benzene rings is 1. The monoisotopic (exact) mass is 369 g/mol. The van der Waals surface area contributed by atoms with Crippen LogP contribution in [0.3, 0.4) is 0 Å². The smallest absolute Gasteiger partial charge is 0.240 e. The lowest BCUT2D eigenvalue weighted by Gasteiger charge is -2.16. The van der Waals surface area contributed by atoms with E-state index in [1.807, 2.05) is 36.5 Å². The van der Waals surface area contributed by atoms with Crippen molar-refractivity contribution in [1.29, 1.82) is 0 Å². The van der Waals surface area contributed by atoms with Crippen LogP contribution in [-0.2, 0) is 29.4 Å². The first kappa shape index (κ1) is 17.2. The maximum absolute atomic E-state index is 12.6. The third kappa shape index (κ3) is 3.52. The van der Waals surface area contributed by atoms with Gasteiger partial charge in [0.05, 0.1) is 4.90 Å². The van der Waals surface area contributed by atoms with Crippen molar-refractivity contribution in [3.8, 4) is 0 Å². The highest BCUT2D eigenvalue weighted by molar-refractivity contribution is 7.89. The van der Waals surface area contributed by atoms with Gasteiger partial charge >= 0.3 is 0 Å². The summed E-state index contributed by atoms with van der Waals surface area (Å²) >= 11 is 0. The van der Waals surface area contributed by atoms with E-state index in [-0.39, 0.29) is 0 Å². The Hall–Kier alpha value is -2.18. The first-order chi connectivity index (χ1) is 12.6. The van der Waals surface area contributed by atoms with Gasteiger partial charge in [-0.15, -0.1) is 0 Å². The molecule has 4 rings (SSSR count). The van der Waals surface area contributed by atoms with Gasteiger partial charge in [-0.2, -0.15) is 0 Å². The van der Waals surface area contributed by atoms with E-state index in [0.717, 1.165) is 36.8 Å². The summed E-state index contributed by atoms with van der Waals surface area (Å²) < 4.78 is 29.9. The standard InChI is InChI=1S/C20H23N3O2S/c24-26(25,19-9-8-16-5-1-2-6-18(16)15-19)22-12-4-13-23-14-10-17-7-3-11-21-20(17)23/h3,7-11,14-15,22H,1-2,4-6,12-13H2. The van der Waals surface area contributed by atoms with Crippen LogP contribution in [0.2, 0.25) is 0 Å². The number of aryl methyl sites for hydroxylation is 3. The molecule has 0 bridgehead atoms. The second kappa shape index (κ2) is 7.21. The summed E-state index contributed by atoms with van der Waals surface area (Å²) in [5, 5.41) is 1.10. The van der Waals surface area contributed by atoms with Gasteiger partial charge < -0.3 is 4.57 Å². The molecule has 0 fully saturated rings. The zero-order valence-electron chi connectivity index (χ0n) is 14.7. The Morgan fingerprint density at radius 2 is 1.92 bits per heavy atom. The van der Waals surface area contributed by atoms with Gasteiger partial charge in [-0.1, -0.05) is 6.07 Å². The van der Waals surface area contributed by atoms with Gasteiger partial charge in [0.15, 0.2) is 0 Å². The maximum Gasteiger partial charge on any atom is 0.240 e. The first-order valence-electron chi connectivity index (χ1n) is 9.15. The number of hydrogen-bond donors (Lipinski definition) is 1. The second-order valence-electron chi connectivity index (χ2n) is 6.81. The van der Waals surface area contributed by atoms with Crippen molar-refractivity contribution in [2.24, 2.45) is 0 Å². The van der Waals surface area contributed by atoms with Crippen LogP contribution in [0.5, 0.6) is 0 Å². The summed E-state index contributed by atoms with van der Waals surface area (Å²) in [4.78, 5) is 4.76. The zero-order chi connectivity index (χ0) is 18.0. The molecule has 3 aromatic rings. The van der Waals surface area contributed by atoms with Gasteiger partial charge in [0.2, 0.25) is 10.0 Å². The molecular formula is C20H23N3O2S. The molecule has 1 N–H and O–H groups in total. The number of fused-ring (bicyclic) bond motifs is 2. The van der Waals surface area contributed by atoms with Crippen LogP contribution in [0.15, 0.2) is 53.7 Å². The number of aromatic nitrogens is 2. The van der Waals surface area contributed by atoms with Crippen molar-refractivity contribution < 1.29 is 8.42 Å². The fourth-order valence-corrected chi connectivity index (χ4v) is 4.74. The zero-order valence-corrected chi connectivity index (χ0v) is 15.5. The van der Waals surface area contributed by atoms with E-state index in [9.17, 15) is 8.42 Å². The lowest BCUT2D eigenvalue weighted by molar-refractivity contribution is 0.571. The van der Waals surface area contributed by atoms with Crippen LogP contribution in [0.1, 0.15) is 30.4 Å². The predicted octanol–water partition coefficient (Wildman–Crippen LogP) is 3.28. The van der Waals surface area contributed by atoms with E-state index in [1.165, 1.54) is 17.5 Å². The number of rotatable bonds is 6. The number of sulfonamides is 1. The summed E-state index contributed by atoms with van der Waals surface area (Å²) in [7, 11) is -3.45. The number of nitrogens with zero attached hydrogens (tertiary/aromatic N) is 2. The maximum atomic E-state index is 12.6. The van der Waals surface area contributed by atoms with Crippen molar-refractivity contribution in [2.45, 2.75) is 43.5 Å². The normalized spacial score (nSPS) is 14.5. The minimum absolute atomic E-state index is 0.381. The molecular weight excluding hydrogens is 346 g/mol. The molecule has 6 heteroatoms. The fraction of sp³-hybridized carbons (Fsp3) is 0.350. The van der Waals surface area contributed by atoms with Gasteiger partial charge in [-0.05, 0) is 73.6 Å². The quantitative estimate of drug-likeness (QED) is 0.678. The molecule has 1 aliphatic rings. The summed E-state index contributed by atoms with van der Waals surface area (Å²) in [5.74, 6) is 0. The van der Waals surface area contributed by atoms with E-state index in [2.05, 4.69) is 14.3 Å². The summed E-state index contributed by atoms with van der Waals surface area (Å²) in [6.45, 7) is 1.14. The van der Waals surface area contributed by atoms with Crippen LogP contribution in [0.25, 0.3) is 11.0 Å². The molecule has 26 heavy (non-hydrogen) atoms. The van der Waals surface area contributed by atoms with Crippen molar-refractivity contribution in [1.82, 2.24) is 14.3 Å².